The Morgan fingerprint density at radius 1 is 1.27 bits per heavy atom. The van der Waals surface area contributed by atoms with E-state index in [1.807, 2.05) is 0 Å². The maximum atomic E-state index is 6.86. The number of rotatable bonds is 3. The molecule has 0 amide bonds. The second kappa shape index (κ2) is 5.45. The van der Waals surface area contributed by atoms with E-state index in [2.05, 4.69) is 20.2 Å². The Hall–Kier alpha value is -0.630. The Bertz CT molecular complexity index is 229. The molecule has 1 atom stereocenters. The van der Waals surface area contributed by atoms with Crippen LogP contribution >= 0.6 is 0 Å². The number of hydrazine groups is 1. The van der Waals surface area contributed by atoms with Crippen LogP contribution in [-0.4, -0.2) is 55.3 Å². The fourth-order valence-electron chi connectivity index (χ4n) is 2.61. The van der Waals surface area contributed by atoms with Crippen LogP contribution < -0.4 is 5.32 Å². The van der Waals surface area contributed by atoms with E-state index in [-0.39, 0.29) is 0 Å². The lowest BCUT2D eigenvalue weighted by atomic mass is 10.1. The minimum absolute atomic E-state index is 0.636. The first kappa shape index (κ1) is 10.9. The first-order valence-electron chi connectivity index (χ1n) is 5.97. The van der Waals surface area contributed by atoms with Crippen LogP contribution in [0.4, 0.5) is 0 Å². The first-order chi connectivity index (χ1) is 7.42. The van der Waals surface area contributed by atoms with Crippen molar-refractivity contribution in [2.45, 2.75) is 25.3 Å². The molecule has 0 radical (unpaired) electrons. The van der Waals surface area contributed by atoms with Crippen molar-refractivity contribution in [2.24, 2.45) is 0 Å². The van der Waals surface area contributed by atoms with Crippen LogP contribution in [0, 0.1) is 6.57 Å². The summed E-state index contributed by atoms with van der Waals surface area (Å²) in [4.78, 5) is 3.47. The highest BCUT2D eigenvalue weighted by Crippen LogP contribution is 2.22. The van der Waals surface area contributed by atoms with Gasteiger partial charge in [0, 0.05) is 45.2 Å². The third kappa shape index (κ3) is 2.69. The van der Waals surface area contributed by atoms with Gasteiger partial charge in [-0.25, -0.2) is 16.6 Å². The van der Waals surface area contributed by atoms with Crippen LogP contribution in [0.15, 0.2) is 0 Å². The van der Waals surface area contributed by atoms with E-state index in [0.717, 1.165) is 32.6 Å². The molecule has 0 spiro atoms. The molecule has 1 unspecified atom stereocenters. The molecule has 0 bridgehead atoms. The molecule has 4 nitrogen and oxygen atoms in total. The van der Waals surface area contributed by atoms with Crippen molar-refractivity contribution >= 4 is 0 Å². The van der Waals surface area contributed by atoms with Crippen LogP contribution in [-0.2, 0) is 0 Å². The first-order valence-corrected chi connectivity index (χ1v) is 5.97. The van der Waals surface area contributed by atoms with Gasteiger partial charge in [0.25, 0.3) is 0 Å². The number of nitrogens with one attached hydrogen (secondary N) is 1. The Kier molecular flexibility index (Phi) is 3.95. The standard InChI is InChI=1S/C11H20N4/c1-12-5-4-11-3-2-8-15(11)14-9-6-13-7-10-14/h11,13H,2-10H2. The van der Waals surface area contributed by atoms with Crippen LogP contribution in [0.3, 0.4) is 0 Å². The van der Waals surface area contributed by atoms with Gasteiger partial charge in [0.1, 0.15) is 0 Å². The number of hydrogen-bond donors (Lipinski definition) is 1. The predicted molar refractivity (Wildman–Crippen MR) is 60.3 cm³/mol. The summed E-state index contributed by atoms with van der Waals surface area (Å²) < 4.78 is 0. The van der Waals surface area contributed by atoms with Gasteiger partial charge in [-0.15, -0.1) is 0 Å². The van der Waals surface area contributed by atoms with Gasteiger partial charge in [-0.05, 0) is 12.8 Å². The summed E-state index contributed by atoms with van der Waals surface area (Å²) in [5, 5.41) is 8.38. The summed E-state index contributed by atoms with van der Waals surface area (Å²) in [5.41, 5.74) is 0. The summed E-state index contributed by atoms with van der Waals surface area (Å²) in [5.74, 6) is 0. The normalized spacial score (nSPS) is 29.1. The molecule has 2 saturated heterocycles. The molecular formula is C11H20N4. The fraction of sp³-hybridized carbons (Fsp3) is 0.909. The van der Waals surface area contributed by atoms with E-state index < -0.39 is 0 Å². The van der Waals surface area contributed by atoms with Crippen molar-refractivity contribution in [3.8, 4) is 0 Å². The highest BCUT2D eigenvalue weighted by molar-refractivity contribution is 4.81. The molecular weight excluding hydrogens is 188 g/mol. The summed E-state index contributed by atoms with van der Waals surface area (Å²) in [6, 6.07) is 0.636. The van der Waals surface area contributed by atoms with Crippen LogP contribution in [0.2, 0.25) is 0 Å². The minimum atomic E-state index is 0.636. The second-order valence-corrected chi connectivity index (χ2v) is 4.33. The Balaban J connectivity index is 1.86. The molecule has 2 fully saturated rings. The van der Waals surface area contributed by atoms with E-state index in [0.29, 0.717) is 12.6 Å². The SMILES string of the molecule is [C-]#[N+]CCC1CCCN1N1CCNCC1. The van der Waals surface area contributed by atoms with Crippen molar-refractivity contribution in [1.29, 1.82) is 0 Å². The molecule has 2 heterocycles. The van der Waals surface area contributed by atoms with E-state index in [4.69, 9.17) is 6.57 Å². The van der Waals surface area contributed by atoms with Crippen LogP contribution in [0.5, 0.6) is 0 Å². The zero-order valence-electron chi connectivity index (χ0n) is 9.28. The Labute approximate surface area is 92.0 Å². The molecule has 0 aromatic heterocycles. The van der Waals surface area contributed by atoms with Gasteiger partial charge < -0.3 is 10.2 Å². The summed E-state index contributed by atoms with van der Waals surface area (Å²) in [6.45, 7) is 13.2. The lowest BCUT2D eigenvalue weighted by Gasteiger charge is -2.38. The molecule has 0 aliphatic carbocycles. The van der Waals surface area contributed by atoms with Gasteiger partial charge in [-0.1, -0.05) is 0 Å². The van der Waals surface area contributed by atoms with E-state index >= 15 is 0 Å². The van der Waals surface area contributed by atoms with Gasteiger partial charge in [-0.2, -0.15) is 0 Å². The lowest BCUT2D eigenvalue weighted by Crippen LogP contribution is -2.54. The second-order valence-electron chi connectivity index (χ2n) is 4.33. The zero-order chi connectivity index (χ0) is 10.5. The Morgan fingerprint density at radius 3 is 2.80 bits per heavy atom. The van der Waals surface area contributed by atoms with Gasteiger partial charge >= 0.3 is 0 Å². The average molecular weight is 208 g/mol. The lowest BCUT2D eigenvalue weighted by molar-refractivity contribution is -0.0455. The minimum Gasteiger partial charge on any atom is -0.317 e. The van der Waals surface area contributed by atoms with Crippen molar-refractivity contribution in [2.75, 3.05) is 39.3 Å². The average Bonchev–Trinajstić information content (AvgIpc) is 2.75. The number of hydrogen-bond acceptors (Lipinski definition) is 3. The summed E-state index contributed by atoms with van der Waals surface area (Å²) in [7, 11) is 0. The molecule has 0 aromatic rings. The van der Waals surface area contributed by atoms with Gasteiger partial charge in [0.15, 0.2) is 0 Å². The maximum absolute atomic E-state index is 6.86. The van der Waals surface area contributed by atoms with E-state index in [1.54, 1.807) is 0 Å². The molecule has 0 aromatic carbocycles. The quantitative estimate of drug-likeness (QED) is 0.686. The topological polar surface area (TPSA) is 22.9 Å². The molecule has 2 aliphatic rings. The van der Waals surface area contributed by atoms with Crippen molar-refractivity contribution < 1.29 is 0 Å². The van der Waals surface area contributed by atoms with Crippen LogP contribution in [0.25, 0.3) is 4.85 Å². The summed E-state index contributed by atoms with van der Waals surface area (Å²) in [6.07, 6.45) is 3.62. The predicted octanol–water partition coefficient (Wildman–Crippen LogP) is 0.580. The smallest absolute Gasteiger partial charge is 0.216 e. The zero-order valence-corrected chi connectivity index (χ0v) is 9.28. The van der Waals surface area contributed by atoms with Crippen LogP contribution in [0.1, 0.15) is 19.3 Å². The van der Waals surface area contributed by atoms with Gasteiger partial charge in [-0.3, -0.25) is 0 Å². The third-order valence-electron chi connectivity index (χ3n) is 3.38. The summed E-state index contributed by atoms with van der Waals surface area (Å²) >= 11 is 0. The van der Waals surface area contributed by atoms with E-state index in [9.17, 15) is 0 Å². The monoisotopic (exact) mass is 208 g/mol. The maximum Gasteiger partial charge on any atom is 0.216 e. The number of piperazine rings is 1. The molecule has 15 heavy (non-hydrogen) atoms. The van der Waals surface area contributed by atoms with Crippen molar-refractivity contribution in [1.82, 2.24) is 15.3 Å². The van der Waals surface area contributed by atoms with E-state index in [1.165, 1.54) is 19.4 Å². The largest absolute Gasteiger partial charge is 0.317 e. The molecule has 4 heteroatoms. The molecule has 0 saturated carbocycles. The molecule has 1 N–H and O–H groups in total. The number of nitrogens with zero attached hydrogens (tertiary/aromatic N) is 3. The molecule has 84 valence electrons. The molecule has 2 rings (SSSR count). The van der Waals surface area contributed by atoms with Gasteiger partial charge in [0.05, 0.1) is 0 Å². The van der Waals surface area contributed by atoms with Crippen molar-refractivity contribution in [3.05, 3.63) is 11.4 Å². The van der Waals surface area contributed by atoms with Crippen molar-refractivity contribution in [3.63, 3.8) is 0 Å². The molecule has 2 aliphatic heterocycles. The third-order valence-corrected chi connectivity index (χ3v) is 3.38. The highest BCUT2D eigenvalue weighted by Gasteiger charge is 2.30. The highest BCUT2D eigenvalue weighted by atomic mass is 15.6. The fourth-order valence-corrected chi connectivity index (χ4v) is 2.61. The Morgan fingerprint density at radius 2 is 2.07 bits per heavy atom. The van der Waals surface area contributed by atoms with Gasteiger partial charge in [0.2, 0.25) is 6.54 Å².